The Labute approximate surface area is 118 Å². The first-order valence-corrected chi connectivity index (χ1v) is 6.60. The largest absolute Gasteiger partial charge is 0.355 e. The quantitative estimate of drug-likeness (QED) is 0.580. The predicted molar refractivity (Wildman–Crippen MR) is 76.4 cm³/mol. The average Bonchev–Trinajstić information content (AvgIpc) is 2.41. The van der Waals surface area contributed by atoms with Gasteiger partial charge in [0.25, 0.3) is 0 Å². The molecule has 108 valence electrons. The van der Waals surface area contributed by atoms with Gasteiger partial charge in [-0.1, -0.05) is 29.8 Å². The minimum absolute atomic E-state index is 0.0398. The number of benzene rings is 1. The molecule has 0 spiro atoms. The van der Waals surface area contributed by atoms with E-state index in [2.05, 4.69) is 10.6 Å². The molecule has 1 aromatic carbocycles. The van der Waals surface area contributed by atoms with E-state index in [9.17, 15) is 14.4 Å². The summed E-state index contributed by atoms with van der Waals surface area (Å²) in [5, 5.41) is 5.22. The molecule has 5 heteroatoms. The maximum absolute atomic E-state index is 11.8. The van der Waals surface area contributed by atoms with Gasteiger partial charge in [0.2, 0.25) is 11.8 Å². The number of nitrogens with one attached hydrogen (secondary N) is 2. The van der Waals surface area contributed by atoms with Gasteiger partial charge < -0.3 is 10.6 Å². The first-order chi connectivity index (χ1) is 9.49. The van der Waals surface area contributed by atoms with Gasteiger partial charge in [0.15, 0.2) is 5.78 Å². The van der Waals surface area contributed by atoms with Gasteiger partial charge in [-0.3, -0.25) is 14.4 Å². The Morgan fingerprint density at radius 1 is 0.950 bits per heavy atom. The highest BCUT2D eigenvalue weighted by atomic mass is 16.2. The van der Waals surface area contributed by atoms with Gasteiger partial charge in [-0.05, 0) is 6.92 Å². The second-order valence-electron chi connectivity index (χ2n) is 4.62. The Kier molecular flexibility index (Phi) is 6.43. The fourth-order valence-electron chi connectivity index (χ4n) is 1.64. The molecule has 1 rings (SSSR count). The number of Topliss-reactive ketones (excluding diaryl/α,β-unsaturated/α-hetero) is 1. The highest BCUT2D eigenvalue weighted by Crippen LogP contribution is 2.07. The Bertz CT molecular complexity index is 480. The average molecular weight is 276 g/mol. The zero-order chi connectivity index (χ0) is 15.0. The summed E-state index contributed by atoms with van der Waals surface area (Å²) >= 11 is 0. The standard InChI is InChI=1S/C15H20N2O3/c1-11-3-5-13(6-4-11)14(19)7-8-15(20)17-10-9-16-12(2)18/h3-6H,7-10H2,1-2H3,(H,16,18)(H,17,20). The summed E-state index contributed by atoms with van der Waals surface area (Å²) < 4.78 is 0. The highest BCUT2D eigenvalue weighted by Gasteiger charge is 2.08. The fraction of sp³-hybridized carbons (Fsp3) is 0.400. The molecule has 20 heavy (non-hydrogen) atoms. The van der Waals surface area contributed by atoms with Crippen molar-refractivity contribution < 1.29 is 14.4 Å². The lowest BCUT2D eigenvalue weighted by Crippen LogP contribution is -2.33. The lowest BCUT2D eigenvalue weighted by atomic mass is 10.1. The molecule has 0 fully saturated rings. The molecule has 0 saturated carbocycles. The molecule has 2 N–H and O–H groups in total. The zero-order valence-electron chi connectivity index (χ0n) is 11.9. The Balaban J connectivity index is 2.25. The number of hydrogen-bond acceptors (Lipinski definition) is 3. The van der Waals surface area contributed by atoms with Crippen molar-refractivity contribution in [2.24, 2.45) is 0 Å². The Morgan fingerprint density at radius 3 is 2.15 bits per heavy atom. The molecule has 0 aromatic heterocycles. The molecule has 0 aliphatic carbocycles. The predicted octanol–water partition coefficient (Wildman–Crippen LogP) is 1.21. The SMILES string of the molecule is CC(=O)NCCNC(=O)CCC(=O)c1ccc(C)cc1. The number of ketones is 1. The van der Waals surface area contributed by atoms with Gasteiger partial charge in [0.05, 0.1) is 0 Å². The van der Waals surface area contributed by atoms with E-state index >= 15 is 0 Å². The van der Waals surface area contributed by atoms with Crippen LogP contribution in [-0.2, 0) is 9.59 Å². The smallest absolute Gasteiger partial charge is 0.220 e. The molecule has 2 amide bonds. The van der Waals surface area contributed by atoms with E-state index in [-0.39, 0.29) is 30.4 Å². The molecule has 0 unspecified atom stereocenters. The molecule has 0 radical (unpaired) electrons. The summed E-state index contributed by atoms with van der Waals surface area (Å²) in [6.07, 6.45) is 0.349. The van der Waals surface area contributed by atoms with E-state index in [4.69, 9.17) is 0 Å². The van der Waals surface area contributed by atoms with Crippen LogP contribution in [-0.4, -0.2) is 30.7 Å². The third-order valence-corrected chi connectivity index (χ3v) is 2.77. The second kappa shape index (κ2) is 8.09. The summed E-state index contributed by atoms with van der Waals surface area (Å²) in [5.41, 5.74) is 1.72. The molecule has 0 bridgehead atoms. The number of carbonyl (C=O) groups is 3. The van der Waals surface area contributed by atoms with Gasteiger partial charge in [-0.15, -0.1) is 0 Å². The molecular weight excluding hydrogens is 256 g/mol. The van der Waals surface area contributed by atoms with Crippen molar-refractivity contribution in [1.82, 2.24) is 10.6 Å². The Morgan fingerprint density at radius 2 is 1.55 bits per heavy atom. The van der Waals surface area contributed by atoms with Crippen molar-refractivity contribution in [2.75, 3.05) is 13.1 Å². The molecule has 0 aliphatic heterocycles. The van der Waals surface area contributed by atoms with Crippen LogP contribution in [0.15, 0.2) is 24.3 Å². The van der Waals surface area contributed by atoms with Crippen molar-refractivity contribution in [3.05, 3.63) is 35.4 Å². The summed E-state index contributed by atoms with van der Waals surface area (Å²) in [6, 6.07) is 7.29. The van der Waals surface area contributed by atoms with Gasteiger partial charge in [-0.2, -0.15) is 0 Å². The lowest BCUT2D eigenvalue weighted by molar-refractivity contribution is -0.122. The molecule has 1 aromatic rings. The van der Waals surface area contributed by atoms with Crippen LogP contribution in [0.4, 0.5) is 0 Å². The van der Waals surface area contributed by atoms with Gasteiger partial charge in [0.1, 0.15) is 0 Å². The Hall–Kier alpha value is -2.17. The summed E-state index contributed by atoms with van der Waals surface area (Å²) in [6.45, 7) is 4.14. The van der Waals surface area contributed by atoms with Crippen molar-refractivity contribution in [3.8, 4) is 0 Å². The van der Waals surface area contributed by atoms with Crippen LogP contribution in [0.5, 0.6) is 0 Å². The van der Waals surface area contributed by atoms with Crippen LogP contribution >= 0.6 is 0 Å². The maximum atomic E-state index is 11.8. The number of rotatable bonds is 7. The van der Waals surface area contributed by atoms with E-state index in [0.29, 0.717) is 18.7 Å². The molecule has 0 heterocycles. The number of hydrogen-bond donors (Lipinski definition) is 2. The summed E-state index contributed by atoms with van der Waals surface area (Å²) in [4.78, 5) is 34.0. The monoisotopic (exact) mass is 276 g/mol. The third kappa shape index (κ3) is 6.13. The summed E-state index contributed by atoms with van der Waals surface area (Å²) in [7, 11) is 0. The van der Waals surface area contributed by atoms with Crippen LogP contribution in [0.3, 0.4) is 0 Å². The van der Waals surface area contributed by atoms with Crippen molar-refractivity contribution in [3.63, 3.8) is 0 Å². The van der Waals surface area contributed by atoms with Gasteiger partial charge in [-0.25, -0.2) is 0 Å². The van der Waals surface area contributed by atoms with Gasteiger partial charge in [0, 0.05) is 38.4 Å². The minimum atomic E-state index is -0.184. The highest BCUT2D eigenvalue weighted by molar-refractivity contribution is 5.97. The van der Waals surface area contributed by atoms with Crippen LogP contribution in [0.2, 0.25) is 0 Å². The molecular formula is C15H20N2O3. The third-order valence-electron chi connectivity index (χ3n) is 2.77. The van der Waals surface area contributed by atoms with Crippen LogP contribution in [0, 0.1) is 6.92 Å². The zero-order valence-corrected chi connectivity index (χ0v) is 11.9. The lowest BCUT2D eigenvalue weighted by Gasteiger charge is -2.05. The second-order valence-corrected chi connectivity index (χ2v) is 4.62. The van der Waals surface area contributed by atoms with Crippen molar-refractivity contribution >= 4 is 17.6 Å². The van der Waals surface area contributed by atoms with Crippen molar-refractivity contribution in [2.45, 2.75) is 26.7 Å². The molecule has 5 nitrogen and oxygen atoms in total. The fourth-order valence-corrected chi connectivity index (χ4v) is 1.64. The first kappa shape index (κ1) is 15.9. The van der Waals surface area contributed by atoms with E-state index in [1.165, 1.54) is 6.92 Å². The van der Waals surface area contributed by atoms with E-state index in [1.807, 2.05) is 19.1 Å². The number of amides is 2. The van der Waals surface area contributed by atoms with Gasteiger partial charge >= 0.3 is 0 Å². The first-order valence-electron chi connectivity index (χ1n) is 6.60. The van der Waals surface area contributed by atoms with E-state index < -0.39 is 0 Å². The topological polar surface area (TPSA) is 75.3 Å². The van der Waals surface area contributed by atoms with Crippen molar-refractivity contribution in [1.29, 1.82) is 0 Å². The molecule has 0 aliphatic rings. The van der Waals surface area contributed by atoms with E-state index in [0.717, 1.165) is 5.56 Å². The number of aryl methyl sites for hydroxylation is 1. The van der Waals surface area contributed by atoms with Crippen LogP contribution < -0.4 is 10.6 Å². The van der Waals surface area contributed by atoms with E-state index in [1.54, 1.807) is 12.1 Å². The van der Waals surface area contributed by atoms with Crippen LogP contribution in [0.1, 0.15) is 35.7 Å². The maximum Gasteiger partial charge on any atom is 0.220 e. The van der Waals surface area contributed by atoms with Crippen LogP contribution in [0.25, 0.3) is 0 Å². The molecule has 0 atom stereocenters. The minimum Gasteiger partial charge on any atom is -0.355 e. The number of carbonyl (C=O) groups excluding carboxylic acids is 3. The molecule has 0 saturated heterocycles. The summed E-state index contributed by atoms with van der Waals surface area (Å²) in [5.74, 6) is -0.355. The normalized spacial score (nSPS) is 9.90.